The fourth-order valence-electron chi connectivity index (χ4n) is 8.78. The molecule has 8 rings (SSSR count). The van der Waals surface area contributed by atoms with E-state index in [0.29, 0.717) is 0 Å². The molecule has 0 saturated carbocycles. The number of hydrogen-bond acceptors (Lipinski definition) is 1. The van der Waals surface area contributed by atoms with Crippen LogP contribution in [0.1, 0.15) is 103 Å². The Morgan fingerprint density at radius 1 is 0.431 bits per heavy atom. The fourth-order valence-corrected chi connectivity index (χ4v) is 8.78. The van der Waals surface area contributed by atoms with Crippen molar-refractivity contribution in [2.24, 2.45) is 0 Å². The molecule has 51 heavy (non-hydrogen) atoms. The van der Waals surface area contributed by atoms with Gasteiger partial charge in [-0.2, -0.15) is 0 Å². The second-order valence-electron chi connectivity index (χ2n) is 17.9. The van der Waals surface area contributed by atoms with Gasteiger partial charge in [-0.05, 0) is 96.3 Å². The minimum absolute atomic E-state index is 0.0854. The third kappa shape index (κ3) is 5.19. The number of rotatable bonds is 4. The molecular weight excluding hydrogens is 615 g/mol. The van der Waals surface area contributed by atoms with Crippen LogP contribution in [0.25, 0.3) is 33.4 Å². The molecule has 6 aromatic carbocycles. The van der Waals surface area contributed by atoms with Gasteiger partial charge in [-0.1, -0.05) is 172 Å². The van der Waals surface area contributed by atoms with Gasteiger partial charge in [-0.15, -0.1) is 0 Å². The molecule has 1 nitrogen and oxygen atoms in total. The Labute approximate surface area is 306 Å². The molecule has 0 aliphatic heterocycles. The van der Waals surface area contributed by atoms with Crippen molar-refractivity contribution in [3.05, 3.63) is 161 Å². The summed E-state index contributed by atoms with van der Waals surface area (Å²) in [6.07, 6.45) is 0. The first kappa shape index (κ1) is 33.3. The van der Waals surface area contributed by atoms with Crippen molar-refractivity contribution in [2.75, 3.05) is 4.90 Å². The molecule has 0 heterocycles. The lowest BCUT2D eigenvalue weighted by Gasteiger charge is -2.35. The molecule has 0 unspecified atom stereocenters. The van der Waals surface area contributed by atoms with Crippen molar-refractivity contribution < 1.29 is 0 Å². The monoisotopic (exact) mass is 665 g/mol. The molecule has 2 aliphatic carbocycles. The second kappa shape index (κ2) is 11.3. The smallest absolute Gasteiger partial charge is 0.0543 e. The Morgan fingerprint density at radius 2 is 1.04 bits per heavy atom. The van der Waals surface area contributed by atoms with Gasteiger partial charge in [0.15, 0.2) is 0 Å². The van der Waals surface area contributed by atoms with E-state index in [9.17, 15) is 0 Å². The molecule has 0 atom stereocenters. The van der Waals surface area contributed by atoms with Gasteiger partial charge < -0.3 is 4.90 Å². The van der Waals surface area contributed by atoms with E-state index < -0.39 is 0 Å². The van der Waals surface area contributed by atoms with Gasteiger partial charge >= 0.3 is 0 Å². The summed E-state index contributed by atoms with van der Waals surface area (Å²) in [6, 6.07) is 48.2. The van der Waals surface area contributed by atoms with Crippen molar-refractivity contribution in [1.82, 2.24) is 0 Å². The van der Waals surface area contributed by atoms with Crippen LogP contribution in [-0.4, -0.2) is 0 Å². The van der Waals surface area contributed by atoms with Crippen LogP contribution in [0.3, 0.4) is 0 Å². The van der Waals surface area contributed by atoms with Crippen molar-refractivity contribution in [3.8, 4) is 33.4 Å². The third-order valence-electron chi connectivity index (χ3n) is 11.8. The zero-order chi connectivity index (χ0) is 36.1. The highest BCUT2D eigenvalue weighted by Gasteiger charge is 2.41. The van der Waals surface area contributed by atoms with Crippen molar-refractivity contribution in [3.63, 3.8) is 0 Å². The summed E-state index contributed by atoms with van der Waals surface area (Å²) in [4.78, 5) is 2.57. The third-order valence-corrected chi connectivity index (χ3v) is 11.8. The van der Waals surface area contributed by atoms with Crippen LogP contribution in [-0.2, 0) is 21.7 Å². The summed E-state index contributed by atoms with van der Waals surface area (Å²) in [7, 11) is 0. The number of anilines is 3. The Kier molecular flexibility index (Phi) is 7.38. The SMILES string of the molecule is CC(C)(C)c1ccc2c(c1)C(C)(C)c1cc(C(C)(C)C)c(N(c3ccc(-c4ccccc4)cc3)c3cccc4c3-c3ccccc3C4(C)C)cc1-2. The maximum atomic E-state index is 2.57. The highest BCUT2D eigenvalue weighted by Crippen LogP contribution is 2.57. The molecule has 0 aromatic heterocycles. The lowest BCUT2D eigenvalue weighted by atomic mass is 9.77. The summed E-state index contributed by atoms with van der Waals surface area (Å²) in [6.45, 7) is 23.6. The summed E-state index contributed by atoms with van der Waals surface area (Å²) < 4.78 is 0. The van der Waals surface area contributed by atoms with E-state index in [0.717, 1.165) is 5.69 Å². The molecule has 0 radical (unpaired) electrons. The second-order valence-corrected chi connectivity index (χ2v) is 17.9. The molecule has 0 amide bonds. The Bertz CT molecular complexity index is 2300. The van der Waals surface area contributed by atoms with Gasteiger partial charge in [0.1, 0.15) is 0 Å². The Morgan fingerprint density at radius 3 is 1.73 bits per heavy atom. The predicted octanol–water partition coefficient (Wildman–Crippen LogP) is 14.0. The fraction of sp³-hybridized carbons (Fsp3) is 0.280. The molecule has 0 N–H and O–H groups in total. The van der Waals surface area contributed by atoms with Crippen LogP contribution in [0.5, 0.6) is 0 Å². The van der Waals surface area contributed by atoms with Crippen LogP contribution in [0.15, 0.2) is 127 Å². The van der Waals surface area contributed by atoms with E-state index in [1.54, 1.807) is 0 Å². The number of fused-ring (bicyclic) bond motifs is 6. The van der Waals surface area contributed by atoms with Gasteiger partial charge in [-0.3, -0.25) is 0 Å². The van der Waals surface area contributed by atoms with Gasteiger partial charge in [0, 0.05) is 22.1 Å². The number of hydrogen-bond donors (Lipinski definition) is 0. The van der Waals surface area contributed by atoms with Crippen molar-refractivity contribution in [1.29, 1.82) is 0 Å². The zero-order valence-electron chi connectivity index (χ0n) is 32.1. The largest absolute Gasteiger partial charge is 0.310 e. The molecule has 2 aliphatic rings. The van der Waals surface area contributed by atoms with E-state index in [1.807, 2.05) is 0 Å². The Balaban J connectivity index is 1.43. The standard InChI is InChI=1S/C50H51N/c1-47(2,3)34-25-28-36-38-30-45(43(48(4,5)6)31-42(38)50(9,10)41(36)29-34)51(35-26-23-33(24-27-35)32-17-12-11-13-18-32)44-22-16-21-40-46(44)37-19-14-15-20-39(37)49(40,7)8/h11-31H,1-10H3. The van der Waals surface area contributed by atoms with E-state index in [4.69, 9.17) is 0 Å². The van der Waals surface area contributed by atoms with Crippen LogP contribution >= 0.6 is 0 Å². The maximum absolute atomic E-state index is 2.57. The molecule has 256 valence electrons. The van der Waals surface area contributed by atoms with Crippen LogP contribution < -0.4 is 4.90 Å². The lowest BCUT2D eigenvalue weighted by molar-refractivity contribution is 0.580. The number of nitrogens with zero attached hydrogens (tertiary/aromatic N) is 1. The van der Waals surface area contributed by atoms with Crippen molar-refractivity contribution >= 4 is 17.1 Å². The minimum Gasteiger partial charge on any atom is -0.310 e. The maximum Gasteiger partial charge on any atom is 0.0543 e. The first-order chi connectivity index (χ1) is 24.1. The summed E-state index contributed by atoms with van der Waals surface area (Å²) in [5, 5.41) is 0. The molecule has 0 spiro atoms. The zero-order valence-corrected chi connectivity index (χ0v) is 32.1. The van der Waals surface area contributed by atoms with Gasteiger partial charge in [0.25, 0.3) is 0 Å². The first-order valence-electron chi connectivity index (χ1n) is 18.6. The molecule has 1 heteroatoms. The van der Waals surface area contributed by atoms with Gasteiger partial charge in [0.2, 0.25) is 0 Å². The van der Waals surface area contributed by atoms with Gasteiger partial charge in [-0.25, -0.2) is 0 Å². The lowest BCUT2D eigenvalue weighted by Crippen LogP contribution is -2.22. The molecular formula is C50H51N. The highest BCUT2D eigenvalue weighted by molar-refractivity contribution is 5.97. The normalized spacial score (nSPS) is 15.2. The van der Waals surface area contributed by atoms with Crippen LogP contribution in [0, 0.1) is 0 Å². The van der Waals surface area contributed by atoms with E-state index in [1.165, 1.54) is 78.1 Å². The van der Waals surface area contributed by atoms with E-state index >= 15 is 0 Å². The topological polar surface area (TPSA) is 3.24 Å². The van der Waals surface area contributed by atoms with E-state index in [-0.39, 0.29) is 21.7 Å². The highest BCUT2D eigenvalue weighted by atomic mass is 15.1. The predicted molar refractivity (Wildman–Crippen MR) is 219 cm³/mol. The quantitative estimate of drug-likeness (QED) is 0.181. The molecule has 0 saturated heterocycles. The van der Waals surface area contributed by atoms with E-state index in [2.05, 4.69) is 202 Å². The molecule has 0 bridgehead atoms. The first-order valence-corrected chi connectivity index (χ1v) is 18.6. The summed E-state index contributed by atoms with van der Waals surface area (Å²) in [5.74, 6) is 0. The summed E-state index contributed by atoms with van der Waals surface area (Å²) in [5.41, 5.74) is 19.6. The minimum atomic E-state index is -0.108. The molecule has 0 fully saturated rings. The van der Waals surface area contributed by atoms with Crippen LogP contribution in [0.2, 0.25) is 0 Å². The van der Waals surface area contributed by atoms with Crippen LogP contribution in [0.4, 0.5) is 17.1 Å². The van der Waals surface area contributed by atoms with Crippen molar-refractivity contribution in [2.45, 2.75) is 90.9 Å². The summed E-state index contributed by atoms with van der Waals surface area (Å²) >= 11 is 0. The average molecular weight is 666 g/mol. The average Bonchev–Trinajstić information content (AvgIpc) is 3.47. The van der Waals surface area contributed by atoms with Gasteiger partial charge in [0.05, 0.1) is 11.4 Å². The molecule has 6 aromatic rings. The Hall–Kier alpha value is -4.88. The number of benzene rings is 6.